The molecule has 0 atom stereocenters. The fourth-order valence-electron chi connectivity index (χ4n) is 3.37. The zero-order valence-electron chi connectivity index (χ0n) is 13.4. The van der Waals surface area contributed by atoms with Crippen molar-refractivity contribution >= 4 is 17.2 Å². The number of fused-ring (bicyclic) bond motifs is 1. The minimum Gasteiger partial charge on any atom is -0.393 e. The van der Waals surface area contributed by atoms with Gasteiger partial charge < -0.3 is 10.4 Å². The second-order valence-corrected chi connectivity index (χ2v) is 7.75. The molecule has 2 N–H and O–H groups in total. The molecule has 1 fully saturated rings. The first-order valence-corrected chi connectivity index (χ1v) is 9.24. The number of nitrogens with one attached hydrogen (secondary N) is 1. The summed E-state index contributed by atoms with van der Waals surface area (Å²) in [5, 5.41) is 14.0. The van der Waals surface area contributed by atoms with E-state index in [0.717, 1.165) is 48.2 Å². The fourth-order valence-corrected chi connectivity index (χ4v) is 4.46. The standard InChI is InChI=1S/C17H22N4OS/c1-10-19-14(11-6-12(22)7-11)8-16(20-10)18-9-17-21-13-4-2-3-5-15(13)23-17/h8,11-12,22H,2-7,9H2,1H3,(H,18,19,20). The third-order valence-corrected chi connectivity index (χ3v) is 5.86. The Morgan fingerprint density at radius 3 is 2.83 bits per heavy atom. The van der Waals surface area contributed by atoms with Crippen molar-refractivity contribution in [1.82, 2.24) is 15.0 Å². The van der Waals surface area contributed by atoms with Gasteiger partial charge in [-0.3, -0.25) is 0 Å². The van der Waals surface area contributed by atoms with E-state index in [2.05, 4.69) is 15.3 Å². The average molecular weight is 330 g/mol. The van der Waals surface area contributed by atoms with E-state index in [-0.39, 0.29) is 6.10 Å². The molecule has 4 rings (SSSR count). The number of thiazole rings is 1. The highest BCUT2D eigenvalue weighted by atomic mass is 32.1. The molecule has 2 aromatic heterocycles. The number of aromatic nitrogens is 3. The number of hydrogen-bond donors (Lipinski definition) is 2. The van der Waals surface area contributed by atoms with E-state index < -0.39 is 0 Å². The van der Waals surface area contributed by atoms with E-state index in [1.54, 1.807) is 0 Å². The second kappa shape index (κ2) is 6.17. The van der Waals surface area contributed by atoms with Gasteiger partial charge >= 0.3 is 0 Å². The Morgan fingerprint density at radius 2 is 2.04 bits per heavy atom. The van der Waals surface area contributed by atoms with Crippen molar-refractivity contribution in [1.29, 1.82) is 0 Å². The molecule has 2 aliphatic rings. The Morgan fingerprint density at radius 1 is 1.22 bits per heavy atom. The van der Waals surface area contributed by atoms with Crippen LogP contribution in [0.3, 0.4) is 0 Å². The number of nitrogens with zero attached hydrogens (tertiary/aromatic N) is 3. The summed E-state index contributed by atoms with van der Waals surface area (Å²) < 4.78 is 0. The molecule has 0 radical (unpaired) electrons. The van der Waals surface area contributed by atoms with Crippen molar-refractivity contribution < 1.29 is 5.11 Å². The van der Waals surface area contributed by atoms with Crippen molar-refractivity contribution in [2.24, 2.45) is 0 Å². The Labute approximate surface area is 140 Å². The third-order valence-electron chi connectivity index (χ3n) is 4.70. The maximum absolute atomic E-state index is 9.48. The maximum atomic E-state index is 9.48. The molecular formula is C17H22N4OS. The van der Waals surface area contributed by atoms with E-state index in [9.17, 15) is 5.11 Å². The number of rotatable bonds is 4. The molecule has 0 spiro atoms. The average Bonchev–Trinajstić information content (AvgIpc) is 2.92. The molecule has 1 saturated carbocycles. The van der Waals surface area contributed by atoms with Crippen LogP contribution < -0.4 is 5.32 Å². The van der Waals surface area contributed by atoms with Crippen LogP contribution in [0.5, 0.6) is 0 Å². The smallest absolute Gasteiger partial charge is 0.130 e. The van der Waals surface area contributed by atoms with Gasteiger partial charge in [-0.1, -0.05) is 0 Å². The fraction of sp³-hybridized carbons (Fsp3) is 0.588. The quantitative estimate of drug-likeness (QED) is 0.902. The molecule has 23 heavy (non-hydrogen) atoms. The lowest BCUT2D eigenvalue weighted by molar-refractivity contribution is 0.0731. The summed E-state index contributed by atoms with van der Waals surface area (Å²) in [6, 6.07) is 2.02. The minimum absolute atomic E-state index is 0.159. The molecule has 0 aliphatic heterocycles. The molecule has 2 aliphatic carbocycles. The van der Waals surface area contributed by atoms with Gasteiger partial charge in [0, 0.05) is 22.6 Å². The number of hydrogen-bond acceptors (Lipinski definition) is 6. The van der Waals surface area contributed by atoms with E-state index in [4.69, 9.17) is 4.98 Å². The Kier molecular flexibility index (Phi) is 4.03. The van der Waals surface area contributed by atoms with Gasteiger partial charge in [0.1, 0.15) is 16.6 Å². The number of aliphatic hydroxyl groups excluding tert-OH is 1. The molecule has 2 aromatic rings. The van der Waals surface area contributed by atoms with E-state index in [0.29, 0.717) is 5.92 Å². The topological polar surface area (TPSA) is 70.9 Å². The van der Waals surface area contributed by atoms with E-state index in [1.807, 2.05) is 24.3 Å². The Bertz CT molecular complexity index is 685. The summed E-state index contributed by atoms with van der Waals surface area (Å²) in [5.41, 5.74) is 2.35. The normalized spacial score (nSPS) is 23.2. The van der Waals surface area contributed by atoms with Crippen LogP contribution in [0.15, 0.2) is 6.07 Å². The molecular weight excluding hydrogens is 308 g/mol. The zero-order chi connectivity index (χ0) is 15.8. The largest absolute Gasteiger partial charge is 0.393 e. The lowest BCUT2D eigenvalue weighted by Gasteiger charge is -2.31. The van der Waals surface area contributed by atoms with Gasteiger partial charge in [0.15, 0.2) is 0 Å². The molecule has 0 amide bonds. The lowest BCUT2D eigenvalue weighted by atomic mass is 9.80. The molecule has 5 nitrogen and oxygen atoms in total. The van der Waals surface area contributed by atoms with Gasteiger partial charge in [-0.25, -0.2) is 15.0 Å². The Hall–Kier alpha value is -1.53. The first kappa shape index (κ1) is 15.0. The van der Waals surface area contributed by atoms with Crippen molar-refractivity contribution in [3.63, 3.8) is 0 Å². The molecule has 0 bridgehead atoms. The van der Waals surface area contributed by atoms with Gasteiger partial charge in [-0.05, 0) is 45.4 Å². The molecule has 6 heteroatoms. The van der Waals surface area contributed by atoms with Crippen LogP contribution in [0.25, 0.3) is 0 Å². The monoisotopic (exact) mass is 330 g/mol. The zero-order valence-corrected chi connectivity index (χ0v) is 14.2. The van der Waals surface area contributed by atoms with Crippen LogP contribution in [0.2, 0.25) is 0 Å². The molecule has 122 valence electrons. The minimum atomic E-state index is -0.159. The molecule has 0 unspecified atom stereocenters. The van der Waals surface area contributed by atoms with E-state index >= 15 is 0 Å². The van der Waals surface area contributed by atoms with Gasteiger partial charge in [0.25, 0.3) is 0 Å². The first-order chi connectivity index (χ1) is 11.2. The molecule has 0 saturated heterocycles. The lowest BCUT2D eigenvalue weighted by Crippen LogP contribution is -2.27. The molecule has 0 aromatic carbocycles. The van der Waals surface area contributed by atoms with Gasteiger partial charge in [-0.15, -0.1) is 11.3 Å². The summed E-state index contributed by atoms with van der Waals surface area (Å²) in [4.78, 5) is 15.2. The predicted molar refractivity (Wildman–Crippen MR) is 90.8 cm³/mol. The van der Waals surface area contributed by atoms with Gasteiger partial charge in [-0.2, -0.15) is 0 Å². The van der Waals surface area contributed by atoms with Crippen LogP contribution in [-0.2, 0) is 19.4 Å². The van der Waals surface area contributed by atoms with Crippen LogP contribution in [-0.4, -0.2) is 26.2 Å². The van der Waals surface area contributed by atoms with Crippen LogP contribution in [0.1, 0.15) is 58.7 Å². The predicted octanol–water partition coefficient (Wildman–Crippen LogP) is 2.97. The summed E-state index contributed by atoms with van der Waals surface area (Å²) in [6.07, 6.45) is 6.35. The van der Waals surface area contributed by atoms with Crippen molar-refractivity contribution in [2.75, 3.05) is 5.32 Å². The number of aryl methyl sites for hydroxylation is 3. The van der Waals surface area contributed by atoms with Crippen molar-refractivity contribution in [3.8, 4) is 0 Å². The molecule has 2 heterocycles. The van der Waals surface area contributed by atoms with Crippen LogP contribution >= 0.6 is 11.3 Å². The first-order valence-electron chi connectivity index (χ1n) is 8.42. The Balaban J connectivity index is 1.45. The van der Waals surface area contributed by atoms with Gasteiger partial charge in [0.2, 0.25) is 0 Å². The SMILES string of the molecule is Cc1nc(NCc2nc3c(s2)CCCC3)cc(C2CC(O)C2)n1. The summed E-state index contributed by atoms with van der Waals surface area (Å²) >= 11 is 1.84. The van der Waals surface area contributed by atoms with Gasteiger partial charge in [0.05, 0.1) is 18.3 Å². The van der Waals surface area contributed by atoms with E-state index in [1.165, 1.54) is 29.8 Å². The second-order valence-electron chi connectivity index (χ2n) is 6.59. The highest BCUT2D eigenvalue weighted by molar-refractivity contribution is 7.11. The summed E-state index contributed by atoms with van der Waals surface area (Å²) in [7, 11) is 0. The van der Waals surface area contributed by atoms with Crippen LogP contribution in [0.4, 0.5) is 5.82 Å². The summed E-state index contributed by atoms with van der Waals surface area (Å²) in [5.74, 6) is 2.02. The number of aliphatic hydroxyl groups is 1. The third kappa shape index (κ3) is 3.23. The van der Waals surface area contributed by atoms with Crippen LogP contribution in [0, 0.1) is 6.92 Å². The highest BCUT2D eigenvalue weighted by Gasteiger charge is 2.30. The maximum Gasteiger partial charge on any atom is 0.130 e. The number of anilines is 1. The summed E-state index contributed by atoms with van der Waals surface area (Å²) in [6.45, 7) is 2.65. The van der Waals surface area contributed by atoms with Crippen molar-refractivity contribution in [3.05, 3.63) is 33.2 Å². The van der Waals surface area contributed by atoms with Crippen molar-refractivity contribution in [2.45, 2.75) is 64.0 Å². The highest BCUT2D eigenvalue weighted by Crippen LogP contribution is 2.36.